The van der Waals surface area contributed by atoms with Crippen molar-refractivity contribution in [1.82, 2.24) is 0 Å². The van der Waals surface area contributed by atoms with Crippen molar-refractivity contribution in [3.8, 4) is 0 Å². The molecule has 140 valence electrons. The summed E-state index contributed by atoms with van der Waals surface area (Å²) < 4.78 is 5.84. The summed E-state index contributed by atoms with van der Waals surface area (Å²) in [5, 5.41) is 12.7. The van der Waals surface area contributed by atoms with Crippen molar-refractivity contribution >= 4 is 79.9 Å². The minimum atomic E-state index is -0.652. The molecular formula is C18H7Cl3N2O4S. The lowest BCUT2D eigenvalue weighted by Gasteiger charge is -1.98. The summed E-state index contributed by atoms with van der Waals surface area (Å²) in [5.74, 6) is -0.615. The molecule has 0 radical (unpaired) electrons. The molecule has 0 saturated heterocycles. The Kier molecular flexibility index (Phi) is 4.84. The number of non-ortho nitro benzene ring substituents is 1. The van der Waals surface area contributed by atoms with Gasteiger partial charge in [0.25, 0.3) is 5.69 Å². The molecule has 6 nitrogen and oxygen atoms in total. The maximum absolute atomic E-state index is 12.2. The zero-order valence-electron chi connectivity index (χ0n) is 13.6. The first kappa shape index (κ1) is 18.9. The van der Waals surface area contributed by atoms with Gasteiger partial charge in [0.05, 0.1) is 9.95 Å². The van der Waals surface area contributed by atoms with Crippen LogP contribution in [0, 0.1) is 10.1 Å². The molecule has 2 heterocycles. The third-order valence-electron chi connectivity index (χ3n) is 3.89. The Morgan fingerprint density at radius 2 is 1.93 bits per heavy atom. The highest BCUT2D eigenvalue weighted by atomic mass is 35.5. The number of cyclic esters (lactones) is 1. The number of nitro groups is 1. The van der Waals surface area contributed by atoms with Gasteiger partial charge in [-0.25, -0.2) is 9.79 Å². The van der Waals surface area contributed by atoms with Gasteiger partial charge in [0.2, 0.25) is 5.90 Å². The fourth-order valence-electron chi connectivity index (χ4n) is 2.58. The predicted octanol–water partition coefficient (Wildman–Crippen LogP) is 6.11. The van der Waals surface area contributed by atoms with Crippen LogP contribution in [0.15, 0.2) is 47.1 Å². The highest BCUT2D eigenvalue weighted by Crippen LogP contribution is 2.39. The van der Waals surface area contributed by atoms with Crippen LogP contribution in [0.25, 0.3) is 16.2 Å². The van der Waals surface area contributed by atoms with Crippen LogP contribution in [-0.4, -0.2) is 16.8 Å². The summed E-state index contributed by atoms with van der Waals surface area (Å²) >= 11 is 19.5. The fraction of sp³-hybridized carbons (Fsp3) is 0. The highest BCUT2D eigenvalue weighted by molar-refractivity contribution is 7.21. The van der Waals surface area contributed by atoms with E-state index in [1.807, 2.05) is 0 Å². The quantitative estimate of drug-likeness (QED) is 0.207. The number of hydrogen-bond acceptors (Lipinski definition) is 6. The first-order valence-electron chi connectivity index (χ1n) is 7.68. The van der Waals surface area contributed by atoms with Crippen LogP contribution in [0.1, 0.15) is 10.4 Å². The molecule has 0 saturated carbocycles. The van der Waals surface area contributed by atoms with E-state index in [2.05, 4.69) is 4.99 Å². The zero-order valence-corrected chi connectivity index (χ0v) is 16.7. The van der Waals surface area contributed by atoms with Gasteiger partial charge in [-0.1, -0.05) is 40.9 Å². The zero-order chi connectivity index (χ0) is 20.0. The maximum atomic E-state index is 12.2. The second-order valence-corrected chi connectivity index (χ2v) is 7.96. The van der Waals surface area contributed by atoms with Gasteiger partial charge >= 0.3 is 5.97 Å². The summed E-state index contributed by atoms with van der Waals surface area (Å²) in [6, 6.07) is 9.18. The number of esters is 1. The first-order chi connectivity index (χ1) is 13.3. The number of halogens is 3. The number of rotatable bonds is 3. The number of carbonyl (C=O) groups is 1. The van der Waals surface area contributed by atoms with E-state index in [0.29, 0.717) is 35.6 Å². The number of benzene rings is 2. The topological polar surface area (TPSA) is 81.8 Å². The van der Waals surface area contributed by atoms with Gasteiger partial charge in [-0.05, 0) is 29.8 Å². The van der Waals surface area contributed by atoms with Crippen LogP contribution in [0.3, 0.4) is 0 Å². The molecule has 1 aliphatic rings. The summed E-state index contributed by atoms with van der Waals surface area (Å²) in [5.41, 5.74) is 0.556. The Bertz CT molecular complexity index is 1230. The molecule has 0 amide bonds. The molecule has 0 atom stereocenters. The molecule has 1 aromatic heterocycles. The average Bonchev–Trinajstić information content (AvgIpc) is 3.17. The van der Waals surface area contributed by atoms with E-state index in [0.717, 1.165) is 11.3 Å². The monoisotopic (exact) mass is 452 g/mol. The highest BCUT2D eigenvalue weighted by Gasteiger charge is 2.28. The van der Waals surface area contributed by atoms with Crippen molar-refractivity contribution in [3.05, 3.63) is 77.7 Å². The molecule has 0 spiro atoms. The summed E-state index contributed by atoms with van der Waals surface area (Å²) in [6.07, 6.45) is 1.49. The molecule has 1 aliphatic heterocycles. The molecule has 0 fully saturated rings. The van der Waals surface area contributed by atoms with Crippen LogP contribution >= 0.6 is 46.1 Å². The van der Waals surface area contributed by atoms with Crippen molar-refractivity contribution in [2.45, 2.75) is 0 Å². The number of fused-ring (bicyclic) bond motifs is 1. The van der Waals surface area contributed by atoms with Gasteiger partial charge in [-0.2, -0.15) is 0 Å². The second-order valence-electron chi connectivity index (χ2n) is 5.68. The normalized spacial score (nSPS) is 15.2. The fourth-order valence-corrected chi connectivity index (χ4v) is 4.51. The summed E-state index contributed by atoms with van der Waals surface area (Å²) in [6.45, 7) is 0. The summed E-state index contributed by atoms with van der Waals surface area (Å²) in [7, 11) is 0. The molecule has 0 aliphatic carbocycles. The van der Waals surface area contributed by atoms with Crippen molar-refractivity contribution in [3.63, 3.8) is 0 Å². The van der Waals surface area contributed by atoms with Crippen LogP contribution < -0.4 is 0 Å². The molecule has 0 N–H and O–H groups in total. The molecule has 4 rings (SSSR count). The third-order valence-corrected chi connectivity index (χ3v) is 6.10. The van der Waals surface area contributed by atoms with Crippen molar-refractivity contribution in [2.24, 2.45) is 4.99 Å². The Hall–Kier alpha value is -2.45. The van der Waals surface area contributed by atoms with E-state index in [1.54, 1.807) is 24.3 Å². The largest absolute Gasteiger partial charge is 0.401 e. The molecule has 28 heavy (non-hydrogen) atoms. The predicted molar refractivity (Wildman–Crippen MR) is 111 cm³/mol. The molecular weight excluding hydrogens is 447 g/mol. The van der Waals surface area contributed by atoms with E-state index in [1.165, 1.54) is 18.2 Å². The number of ether oxygens (including phenoxy) is 1. The van der Waals surface area contributed by atoms with Gasteiger partial charge in [0, 0.05) is 32.3 Å². The second kappa shape index (κ2) is 7.18. The van der Waals surface area contributed by atoms with Gasteiger partial charge in [-0.15, -0.1) is 11.3 Å². The van der Waals surface area contributed by atoms with Crippen molar-refractivity contribution in [2.75, 3.05) is 0 Å². The molecule has 0 bridgehead atoms. The smallest absolute Gasteiger partial charge is 0.363 e. The first-order valence-corrected chi connectivity index (χ1v) is 9.63. The van der Waals surface area contributed by atoms with E-state index >= 15 is 0 Å². The number of aliphatic imine (C=N–C) groups is 1. The van der Waals surface area contributed by atoms with E-state index in [9.17, 15) is 14.9 Å². The minimum absolute atomic E-state index is 0.0372. The van der Waals surface area contributed by atoms with Crippen LogP contribution in [0.5, 0.6) is 0 Å². The number of nitro benzene ring substituents is 1. The SMILES string of the molecule is O=C1OC(c2sc3cc([N+](=O)[O-])ccc3c2Cl)=N/C1=C/c1ccc(Cl)cc1Cl. The maximum Gasteiger partial charge on any atom is 0.363 e. The molecule has 0 unspecified atom stereocenters. The number of nitrogens with zero attached hydrogens (tertiary/aromatic N) is 2. The molecule has 3 aromatic rings. The standard InChI is InChI=1S/C18H7Cl3N2O4S/c19-9-2-1-8(12(20)6-9)5-13-18(24)27-17(22-13)16-15(21)11-4-3-10(23(25)26)7-14(11)28-16/h1-7H/b13-5+. The molecule has 2 aromatic carbocycles. The molecule has 10 heteroatoms. The lowest BCUT2D eigenvalue weighted by atomic mass is 10.2. The van der Waals surface area contributed by atoms with Crippen LogP contribution in [0.4, 0.5) is 5.69 Å². The Morgan fingerprint density at radius 3 is 2.64 bits per heavy atom. The van der Waals surface area contributed by atoms with Gasteiger partial charge in [-0.3, -0.25) is 10.1 Å². The van der Waals surface area contributed by atoms with E-state index in [4.69, 9.17) is 39.5 Å². The number of thiophene rings is 1. The Balaban J connectivity index is 1.76. The lowest BCUT2D eigenvalue weighted by Crippen LogP contribution is -2.04. The Labute approximate surface area is 176 Å². The van der Waals surface area contributed by atoms with Crippen LogP contribution in [-0.2, 0) is 9.53 Å². The van der Waals surface area contributed by atoms with Gasteiger partial charge in [0.1, 0.15) is 4.88 Å². The van der Waals surface area contributed by atoms with E-state index < -0.39 is 10.9 Å². The number of carbonyl (C=O) groups excluding carboxylic acids is 1. The van der Waals surface area contributed by atoms with Crippen molar-refractivity contribution in [1.29, 1.82) is 0 Å². The number of hydrogen-bond donors (Lipinski definition) is 0. The average molecular weight is 454 g/mol. The lowest BCUT2D eigenvalue weighted by molar-refractivity contribution is -0.384. The Morgan fingerprint density at radius 1 is 1.14 bits per heavy atom. The van der Waals surface area contributed by atoms with Crippen molar-refractivity contribution < 1.29 is 14.5 Å². The van der Waals surface area contributed by atoms with E-state index in [-0.39, 0.29) is 17.3 Å². The van der Waals surface area contributed by atoms with Gasteiger partial charge in [0.15, 0.2) is 5.70 Å². The van der Waals surface area contributed by atoms with Gasteiger partial charge < -0.3 is 4.74 Å². The van der Waals surface area contributed by atoms with Crippen LogP contribution in [0.2, 0.25) is 15.1 Å². The third kappa shape index (κ3) is 3.38. The minimum Gasteiger partial charge on any atom is -0.401 e. The summed E-state index contributed by atoms with van der Waals surface area (Å²) in [4.78, 5) is 27.3.